The lowest BCUT2D eigenvalue weighted by Crippen LogP contribution is -2.61. The molecule has 0 saturated carbocycles. The van der Waals surface area contributed by atoms with Gasteiger partial charge in [0, 0.05) is 46.7 Å². The summed E-state index contributed by atoms with van der Waals surface area (Å²) in [4.78, 5) is 27.2. The van der Waals surface area contributed by atoms with E-state index in [9.17, 15) is 14.7 Å². The molecule has 2 aliphatic rings. The van der Waals surface area contributed by atoms with Crippen LogP contribution in [0.2, 0.25) is 0 Å². The molecule has 0 aliphatic carbocycles. The van der Waals surface area contributed by atoms with Gasteiger partial charge in [-0.3, -0.25) is 14.5 Å². The molecule has 7 nitrogen and oxygen atoms in total. The maximum atomic E-state index is 12.0. The highest BCUT2D eigenvalue weighted by molar-refractivity contribution is 5.84. The van der Waals surface area contributed by atoms with Gasteiger partial charge in [-0.05, 0) is 19.8 Å². The van der Waals surface area contributed by atoms with Gasteiger partial charge in [-0.15, -0.1) is 0 Å². The van der Waals surface area contributed by atoms with Crippen LogP contribution in [-0.2, 0) is 14.3 Å². The molecule has 7 heteroatoms. The summed E-state index contributed by atoms with van der Waals surface area (Å²) < 4.78 is 5.63. The molecule has 2 amide bonds. The predicted molar refractivity (Wildman–Crippen MR) is 81.3 cm³/mol. The van der Waals surface area contributed by atoms with Gasteiger partial charge in [0.1, 0.15) is 0 Å². The summed E-state index contributed by atoms with van der Waals surface area (Å²) in [6.07, 6.45) is 1.14. The lowest BCUT2D eigenvalue weighted by molar-refractivity contribution is -0.161. The summed E-state index contributed by atoms with van der Waals surface area (Å²) in [6, 6.07) is 0. The van der Waals surface area contributed by atoms with Crippen molar-refractivity contribution in [3.05, 3.63) is 0 Å². The Morgan fingerprint density at radius 3 is 2.45 bits per heavy atom. The number of nitrogens with one attached hydrogen (secondary N) is 1. The van der Waals surface area contributed by atoms with Crippen LogP contribution in [0.3, 0.4) is 0 Å². The third-order valence-electron chi connectivity index (χ3n) is 4.72. The van der Waals surface area contributed by atoms with Crippen LogP contribution in [0.4, 0.5) is 0 Å². The summed E-state index contributed by atoms with van der Waals surface area (Å²) in [6.45, 7) is 6.65. The Labute approximate surface area is 131 Å². The van der Waals surface area contributed by atoms with Gasteiger partial charge in [0.15, 0.2) is 5.60 Å². The minimum atomic E-state index is -0.872. The number of hydrogen-bond donors (Lipinski definition) is 2. The van der Waals surface area contributed by atoms with Gasteiger partial charge < -0.3 is 20.1 Å². The zero-order chi connectivity index (χ0) is 16.4. The summed E-state index contributed by atoms with van der Waals surface area (Å²) in [7, 11) is 1.60. The first-order valence-electron chi connectivity index (χ1n) is 7.84. The highest BCUT2D eigenvalue weighted by atomic mass is 16.5. The zero-order valence-corrected chi connectivity index (χ0v) is 13.7. The van der Waals surface area contributed by atoms with Crippen LogP contribution in [0.15, 0.2) is 0 Å². The van der Waals surface area contributed by atoms with Gasteiger partial charge in [0.05, 0.1) is 12.2 Å². The predicted octanol–water partition coefficient (Wildman–Crippen LogP) is -0.803. The first-order chi connectivity index (χ1) is 10.3. The maximum Gasteiger partial charge on any atom is 0.253 e. The van der Waals surface area contributed by atoms with E-state index in [0.29, 0.717) is 52.2 Å². The van der Waals surface area contributed by atoms with Crippen molar-refractivity contribution in [2.75, 3.05) is 46.4 Å². The van der Waals surface area contributed by atoms with Crippen LogP contribution in [0.1, 0.15) is 26.7 Å². The van der Waals surface area contributed by atoms with Crippen molar-refractivity contribution < 1.29 is 19.4 Å². The van der Waals surface area contributed by atoms with Crippen LogP contribution in [-0.4, -0.2) is 84.3 Å². The number of nitrogens with zero attached hydrogens (tertiary/aromatic N) is 2. The van der Waals surface area contributed by atoms with E-state index in [2.05, 4.69) is 10.2 Å². The highest BCUT2D eigenvalue weighted by Crippen LogP contribution is 2.26. The molecule has 126 valence electrons. The Morgan fingerprint density at radius 2 is 1.91 bits per heavy atom. The molecule has 2 rings (SSSR count). The smallest absolute Gasteiger partial charge is 0.253 e. The molecule has 22 heavy (non-hydrogen) atoms. The molecular weight excluding hydrogens is 286 g/mol. The highest BCUT2D eigenvalue weighted by Gasteiger charge is 2.42. The number of hydrogen-bond acceptors (Lipinski definition) is 5. The van der Waals surface area contributed by atoms with Crippen molar-refractivity contribution in [1.82, 2.24) is 15.1 Å². The molecular formula is C15H27N3O4. The standard InChI is InChI=1S/C15H27N3O4/c1-12(19)18-6-4-15(21,5-7-18)11-17-8-9-22-14(2,10-17)13(20)16-3/h21H,4-11H2,1-3H3,(H,16,20)/t14-/m0/s1. The minimum absolute atomic E-state index is 0.0561. The number of morpholine rings is 1. The molecule has 2 heterocycles. The molecule has 2 fully saturated rings. The lowest BCUT2D eigenvalue weighted by Gasteiger charge is -2.44. The van der Waals surface area contributed by atoms with Crippen molar-refractivity contribution in [3.63, 3.8) is 0 Å². The molecule has 0 aromatic heterocycles. The number of piperidine rings is 1. The van der Waals surface area contributed by atoms with Crippen LogP contribution < -0.4 is 5.32 Å². The van der Waals surface area contributed by atoms with E-state index in [1.54, 1.807) is 25.8 Å². The number of amides is 2. The van der Waals surface area contributed by atoms with E-state index in [0.717, 1.165) is 0 Å². The monoisotopic (exact) mass is 313 g/mol. The Bertz CT molecular complexity index is 435. The lowest BCUT2D eigenvalue weighted by atomic mass is 9.90. The Hall–Kier alpha value is -1.18. The van der Waals surface area contributed by atoms with Crippen LogP contribution in [0.5, 0.6) is 0 Å². The van der Waals surface area contributed by atoms with Gasteiger partial charge in [-0.2, -0.15) is 0 Å². The van der Waals surface area contributed by atoms with E-state index < -0.39 is 11.2 Å². The van der Waals surface area contributed by atoms with Crippen molar-refractivity contribution in [2.24, 2.45) is 0 Å². The molecule has 2 N–H and O–H groups in total. The maximum absolute atomic E-state index is 12.0. The Kier molecular flexibility index (Phi) is 5.09. The van der Waals surface area contributed by atoms with Gasteiger partial charge in [0.25, 0.3) is 5.91 Å². The Balaban J connectivity index is 1.93. The van der Waals surface area contributed by atoms with Crippen molar-refractivity contribution in [3.8, 4) is 0 Å². The third kappa shape index (κ3) is 3.77. The number of rotatable bonds is 3. The summed E-state index contributed by atoms with van der Waals surface area (Å²) in [5.41, 5.74) is -1.67. The van der Waals surface area contributed by atoms with Crippen LogP contribution >= 0.6 is 0 Å². The molecule has 1 atom stereocenters. The molecule has 2 saturated heterocycles. The second-order valence-electron chi connectivity index (χ2n) is 6.60. The minimum Gasteiger partial charge on any atom is -0.388 e. The Morgan fingerprint density at radius 1 is 1.27 bits per heavy atom. The SMILES string of the molecule is CNC(=O)[C@]1(C)CN(CC2(O)CCN(C(C)=O)CC2)CCO1. The molecule has 0 aromatic rings. The fourth-order valence-corrected chi connectivity index (χ4v) is 3.30. The van der Waals surface area contributed by atoms with E-state index in [4.69, 9.17) is 4.74 Å². The number of carbonyl (C=O) groups is 2. The summed E-state index contributed by atoms with van der Waals surface area (Å²) in [5, 5.41) is 13.4. The largest absolute Gasteiger partial charge is 0.388 e. The van der Waals surface area contributed by atoms with E-state index in [-0.39, 0.29) is 11.8 Å². The van der Waals surface area contributed by atoms with E-state index >= 15 is 0 Å². The molecule has 0 radical (unpaired) electrons. The normalized spacial score (nSPS) is 29.2. The second-order valence-corrected chi connectivity index (χ2v) is 6.60. The number of aliphatic hydroxyl groups is 1. The van der Waals surface area contributed by atoms with Crippen molar-refractivity contribution in [2.45, 2.75) is 37.9 Å². The second kappa shape index (κ2) is 6.52. The fraction of sp³-hybridized carbons (Fsp3) is 0.867. The fourth-order valence-electron chi connectivity index (χ4n) is 3.30. The van der Waals surface area contributed by atoms with E-state index in [1.165, 1.54) is 0 Å². The molecule has 0 bridgehead atoms. The van der Waals surface area contributed by atoms with Gasteiger partial charge >= 0.3 is 0 Å². The number of likely N-dealkylation sites (tertiary alicyclic amines) is 1. The summed E-state index contributed by atoms with van der Waals surface area (Å²) in [5.74, 6) is -0.0868. The quantitative estimate of drug-likeness (QED) is 0.713. The number of likely N-dealkylation sites (N-methyl/N-ethyl adjacent to an activating group) is 1. The van der Waals surface area contributed by atoms with Crippen molar-refractivity contribution >= 4 is 11.8 Å². The first kappa shape index (κ1) is 17.2. The zero-order valence-electron chi connectivity index (χ0n) is 13.7. The molecule has 2 aliphatic heterocycles. The van der Waals surface area contributed by atoms with Crippen molar-refractivity contribution in [1.29, 1.82) is 0 Å². The molecule has 0 unspecified atom stereocenters. The van der Waals surface area contributed by atoms with Gasteiger partial charge in [-0.1, -0.05) is 0 Å². The van der Waals surface area contributed by atoms with Gasteiger partial charge in [-0.25, -0.2) is 0 Å². The number of carbonyl (C=O) groups excluding carboxylic acids is 2. The first-order valence-corrected chi connectivity index (χ1v) is 7.84. The van der Waals surface area contributed by atoms with E-state index in [1.807, 2.05) is 0 Å². The number of β-amino-alcohol motifs (C(OH)–C–C–N with tert-alkyl or cyclic N) is 1. The number of ether oxygens (including phenoxy) is 1. The average molecular weight is 313 g/mol. The van der Waals surface area contributed by atoms with Crippen LogP contribution in [0, 0.1) is 0 Å². The third-order valence-corrected chi connectivity index (χ3v) is 4.72. The molecule has 0 spiro atoms. The summed E-state index contributed by atoms with van der Waals surface area (Å²) >= 11 is 0. The molecule has 0 aromatic carbocycles. The average Bonchev–Trinajstić information content (AvgIpc) is 2.46. The van der Waals surface area contributed by atoms with Crippen LogP contribution in [0.25, 0.3) is 0 Å². The topological polar surface area (TPSA) is 82.1 Å². The van der Waals surface area contributed by atoms with Gasteiger partial charge in [0.2, 0.25) is 5.91 Å².